The first-order valence-electron chi connectivity index (χ1n) is 6.35. The molecule has 1 aromatic rings. The molecule has 2 N–H and O–H groups in total. The average Bonchev–Trinajstić information content (AvgIpc) is 2.36. The Morgan fingerprint density at radius 1 is 1.17 bits per heavy atom. The number of hydrogen-bond acceptors (Lipinski definition) is 2. The van der Waals surface area contributed by atoms with E-state index in [1.807, 2.05) is 0 Å². The number of hydrogen-bond donors (Lipinski definition) is 1. The second-order valence-electron chi connectivity index (χ2n) is 4.98. The molecule has 0 aliphatic heterocycles. The van der Waals surface area contributed by atoms with Crippen molar-refractivity contribution in [2.24, 2.45) is 5.92 Å². The third kappa shape index (κ3) is 3.18. The highest BCUT2D eigenvalue weighted by Gasteiger charge is 2.19. The smallest absolute Gasteiger partial charge is 0.163 e. The minimum Gasteiger partial charge on any atom is -0.396 e. The van der Waals surface area contributed by atoms with Crippen LogP contribution in [-0.4, -0.2) is 5.78 Å². The van der Waals surface area contributed by atoms with Crippen molar-refractivity contribution < 1.29 is 4.79 Å². The highest BCUT2D eigenvalue weighted by molar-refractivity contribution is 6.39. The number of anilines is 1. The quantitative estimate of drug-likeness (QED) is 0.644. The topological polar surface area (TPSA) is 43.1 Å². The zero-order chi connectivity index (χ0) is 13.1. The summed E-state index contributed by atoms with van der Waals surface area (Å²) < 4.78 is 0. The van der Waals surface area contributed by atoms with E-state index in [0.29, 0.717) is 33.6 Å². The Morgan fingerprint density at radius 2 is 1.72 bits per heavy atom. The number of halogens is 2. The first kappa shape index (κ1) is 13.7. The summed E-state index contributed by atoms with van der Waals surface area (Å²) in [6, 6.07) is 3.24. The van der Waals surface area contributed by atoms with Crippen molar-refractivity contribution in [1.82, 2.24) is 0 Å². The summed E-state index contributed by atoms with van der Waals surface area (Å²) in [5.74, 6) is 0.632. The van der Waals surface area contributed by atoms with Gasteiger partial charge in [0.15, 0.2) is 5.78 Å². The Bertz CT molecular complexity index is 430. The third-order valence-corrected chi connectivity index (χ3v) is 4.23. The van der Waals surface area contributed by atoms with Gasteiger partial charge < -0.3 is 5.73 Å². The molecule has 1 fully saturated rings. The van der Waals surface area contributed by atoms with Crippen molar-refractivity contribution in [2.75, 3.05) is 5.73 Å². The Kier molecular flexibility index (Phi) is 4.52. The summed E-state index contributed by atoms with van der Waals surface area (Å²) in [6.07, 6.45) is 6.67. The summed E-state index contributed by atoms with van der Waals surface area (Å²) in [4.78, 5) is 12.2. The molecule has 1 aromatic carbocycles. The lowest BCUT2D eigenvalue weighted by Gasteiger charge is -2.20. The molecule has 98 valence electrons. The number of carbonyl (C=O) groups is 1. The number of Topliss-reactive ketones (excluding diaryl/α,β-unsaturated/α-hetero) is 1. The Hall–Kier alpha value is -0.730. The summed E-state index contributed by atoms with van der Waals surface area (Å²) in [6.45, 7) is 0. The molecular weight excluding hydrogens is 269 g/mol. The van der Waals surface area contributed by atoms with Gasteiger partial charge in [-0.05, 0) is 18.1 Å². The van der Waals surface area contributed by atoms with Crippen LogP contribution in [-0.2, 0) is 0 Å². The molecule has 4 heteroatoms. The molecule has 1 saturated carbocycles. The normalized spacial score (nSPS) is 16.8. The molecule has 18 heavy (non-hydrogen) atoms. The Morgan fingerprint density at radius 3 is 2.28 bits per heavy atom. The molecular formula is C14H17Cl2NO. The fourth-order valence-electron chi connectivity index (χ4n) is 2.52. The van der Waals surface area contributed by atoms with Gasteiger partial charge in [-0.2, -0.15) is 0 Å². The summed E-state index contributed by atoms with van der Waals surface area (Å²) in [5, 5.41) is 0.712. The van der Waals surface area contributed by atoms with E-state index in [-0.39, 0.29) is 5.78 Å². The predicted octanol–water partition coefficient (Wildman–Crippen LogP) is 4.73. The first-order valence-corrected chi connectivity index (χ1v) is 7.11. The molecule has 0 atom stereocenters. The number of nitrogens with two attached hydrogens (primary N) is 1. The number of rotatable bonds is 3. The lowest BCUT2D eigenvalue weighted by molar-refractivity contribution is 0.0950. The largest absolute Gasteiger partial charge is 0.396 e. The SMILES string of the molecule is Nc1c(Cl)cc(C(=O)CC2CCCCC2)cc1Cl. The van der Waals surface area contributed by atoms with Crippen molar-refractivity contribution >= 4 is 34.7 Å². The van der Waals surface area contributed by atoms with Gasteiger partial charge in [0.1, 0.15) is 0 Å². The maximum absolute atomic E-state index is 12.2. The van der Waals surface area contributed by atoms with Gasteiger partial charge >= 0.3 is 0 Å². The third-order valence-electron chi connectivity index (χ3n) is 3.60. The minimum absolute atomic E-state index is 0.116. The number of ketones is 1. The van der Waals surface area contributed by atoms with E-state index in [0.717, 1.165) is 12.8 Å². The van der Waals surface area contributed by atoms with Crippen LogP contribution in [0.1, 0.15) is 48.9 Å². The van der Waals surface area contributed by atoms with Crippen LogP contribution in [0.3, 0.4) is 0 Å². The zero-order valence-corrected chi connectivity index (χ0v) is 11.7. The van der Waals surface area contributed by atoms with Gasteiger partial charge in [-0.15, -0.1) is 0 Å². The van der Waals surface area contributed by atoms with Crippen LogP contribution in [0.4, 0.5) is 5.69 Å². The van der Waals surface area contributed by atoms with Gasteiger partial charge in [0.2, 0.25) is 0 Å². The number of carbonyl (C=O) groups excluding carboxylic acids is 1. The molecule has 0 heterocycles. The molecule has 0 saturated heterocycles. The van der Waals surface area contributed by atoms with Crippen LogP contribution < -0.4 is 5.73 Å². The molecule has 0 unspecified atom stereocenters. The van der Waals surface area contributed by atoms with E-state index in [9.17, 15) is 4.79 Å². The highest BCUT2D eigenvalue weighted by atomic mass is 35.5. The van der Waals surface area contributed by atoms with E-state index >= 15 is 0 Å². The van der Waals surface area contributed by atoms with E-state index in [4.69, 9.17) is 28.9 Å². The Labute approximate surface area is 117 Å². The van der Waals surface area contributed by atoms with Gasteiger partial charge in [-0.1, -0.05) is 55.3 Å². The lowest BCUT2D eigenvalue weighted by atomic mass is 9.85. The standard InChI is InChI=1S/C14H17Cl2NO/c15-11-7-10(8-12(16)14(11)17)13(18)6-9-4-2-1-3-5-9/h7-9H,1-6,17H2. The fourth-order valence-corrected chi connectivity index (χ4v) is 3.00. The van der Waals surface area contributed by atoms with Crippen LogP contribution in [0.15, 0.2) is 12.1 Å². The van der Waals surface area contributed by atoms with Crippen LogP contribution in [0.5, 0.6) is 0 Å². The molecule has 0 radical (unpaired) electrons. The second kappa shape index (κ2) is 5.94. The lowest BCUT2D eigenvalue weighted by Crippen LogP contribution is -2.12. The summed E-state index contributed by atoms with van der Waals surface area (Å²) in [5.41, 5.74) is 6.57. The summed E-state index contributed by atoms with van der Waals surface area (Å²) in [7, 11) is 0. The van der Waals surface area contributed by atoms with Crippen molar-refractivity contribution in [3.05, 3.63) is 27.7 Å². The van der Waals surface area contributed by atoms with Crippen molar-refractivity contribution in [1.29, 1.82) is 0 Å². The van der Waals surface area contributed by atoms with Crippen molar-refractivity contribution in [3.8, 4) is 0 Å². The van der Waals surface area contributed by atoms with Crippen molar-refractivity contribution in [2.45, 2.75) is 38.5 Å². The van der Waals surface area contributed by atoms with Crippen LogP contribution in [0.2, 0.25) is 10.0 Å². The number of benzene rings is 1. The van der Waals surface area contributed by atoms with Gasteiger partial charge in [-0.25, -0.2) is 0 Å². The molecule has 0 bridgehead atoms. The fraction of sp³-hybridized carbons (Fsp3) is 0.500. The molecule has 1 aliphatic carbocycles. The molecule has 2 nitrogen and oxygen atoms in total. The van der Waals surface area contributed by atoms with E-state index in [2.05, 4.69) is 0 Å². The van der Waals surface area contributed by atoms with Crippen LogP contribution in [0, 0.1) is 5.92 Å². The summed E-state index contributed by atoms with van der Waals surface area (Å²) >= 11 is 11.9. The van der Waals surface area contributed by atoms with Crippen LogP contribution in [0.25, 0.3) is 0 Å². The average molecular weight is 286 g/mol. The molecule has 1 aliphatic rings. The molecule has 0 aromatic heterocycles. The van der Waals surface area contributed by atoms with Gasteiger partial charge in [0.25, 0.3) is 0 Å². The monoisotopic (exact) mass is 285 g/mol. The van der Waals surface area contributed by atoms with Crippen LogP contribution >= 0.6 is 23.2 Å². The van der Waals surface area contributed by atoms with Crippen molar-refractivity contribution in [3.63, 3.8) is 0 Å². The van der Waals surface area contributed by atoms with E-state index < -0.39 is 0 Å². The van der Waals surface area contributed by atoms with E-state index in [1.54, 1.807) is 12.1 Å². The predicted molar refractivity (Wildman–Crippen MR) is 76.4 cm³/mol. The number of nitrogen functional groups attached to an aromatic ring is 1. The Balaban J connectivity index is 2.08. The maximum Gasteiger partial charge on any atom is 0.163 e. The molecule has 0 amide bonds. The highest BCUT2D eigenvalue weighted by Crippen LogP contribution is 2.31. The molecule has 2 rings (SSSR count). The zero-order valence-electron chi connectivity index (χ0n) is 10.2. The first-order chi connectivity index (χ1) is 8.58. The maximum atomic E-state index is 12.2. The minimum atomic E-state index is 0.116. The second-order valence-corrected chi connectivity index (χ2v) is 5.80. The van der Waals surface area contributed by atoms with Gasteiger partial charge in [0.05, 0.1) is 15.7 Å². The van der Waals surface area contributed by atoms with E-state index in [1.165, 1.54) is 19.3 Å². The van der Waals surface area contributed by atoms with Gasteiger partial charge in [-0.3, -0.25) is 4.79 Å². The molecule has 0 spiro atoms. The van der Waals surface area contributed by atoms with Gasteiger partial charge in [0, 0.05) is 12.0 Å².